The van der Waals surface area contributed by atoms with E-state index in [1.54, 1.807) is 0 Å². The molecule has 112 valence electrons. The molecule has 0 aromatic carbocycles. The summed E-state index contributed by atoms with van der Waals surface area (Å²) < 4.78 is 17.2. The van der Waals surface area contributed by atoms with Crippen LogP contribution in [0.5, 0.6) is 0 Å². The third-order valence-electron chi connectivity index (χ3n) is 4.41. The zero-order chi connectivity index (χ0) is 13.5. The summed E-state index contributed by atoms with van der Waals surface area (Å²) in [6.45, 7) is 8.10. The number of hydrogen-bond donors (Lipinski definition) is 0. The molecular formula is C16H30O3. The summed E-state index contributed by atoms with van der Waals surface area (Å²) in [4.78, 5) is 0. The number of rotatable bonds is 10. The van der Waals surface area contributed by atoms with Crippen molar-refractivity contribution in [3.05, 3.63) is 0 Å². The Hall–Kier alpha value is -0.120. The van der Waals surface area contributed by atoms with Crippen molar-refractivity contribution >= 4 is 0 Å². The van der Waals surface area contributed by atoms with Gasteiger partial charge in [0.1, 0.15) is 0 Å². The third kappa shape index (κ3) is 4.44. The summed E-state index contributed by atoms with van der Waals surface area (Å²) in [5.74, 6) is 1.27. The summed E-state index contributed by atoms with van der Waals surface area (Å²) in [6, 6.07) is 0. The van der Waals surface area contributed by atoms with Crippen molar-refractivity contribution in [2.24, 2.45) is 11.8 Å². The fourth-order valence-corrected chi connectivity index (χ4v) is 2.80. The second kappa shape index (κ2) is 8.23. The minimum atomic E-state index is 0.413. The molecule has 3 nitrogen and oxygen atoms in total. The molecule has 2 aliphatic heterocycles. The Balaban J connectivity index is 1.82. The Morgan fingerprint density at radius 2 is 1.26 bits per heavy atom. The van der Waals surface area contributed by atoms with Gasteiger partial charge < -0.3 is 14.2 Å². The van der Waals surface area contributed by atoms with Gasteiger partial charge in [0, 0.05) is 11.8 Å². The fourth-order valence-electron chi connectivity index (χ4n) is 2.80. The maximum absolute atomic E-state index is 6.50. The lowest BCUT2D eigenvalue weighted by molar-refractivity contribution is -0.178. The molecule has 2 fully saturated rings. The second-order valence-corrected chi connectivity index (χ2v) is 6.09. The first kappa shape index (κ1) is 15.3. The predicted molar refractivity (Wildman–Crippen MR) is 76.3 cm³/mol. The third-order valence-corrected chi connectivity index (χ3v) is 4.41. The van der Waals surface area contributed by atoms with Crippen LogP contribution in [0.25, 0.3) is 0 Å². The van der Waals surface area contributed by atoms with E-state index in [1.165, 1.54) is 38.5 Å². The van der Waals surface area contributed by atoms with Crippen LogP contribution in [0, 0.1) is 11.8 Å². The van der Waals surface area contributed by atoms with Gasteiger partial charge in [-0.1, -0.05) is 39.5 Å². The molecule has 0 amide bonds. The average molecular weight is 270 g/mol. The highest BCUT2D eigenvalue weighted by Gasteiger charge is 2.35. The summed E-state index contributed by atoms with van der Waals surface area (Å²) in [6.07, 6.45) is 8.25. The van der Waals surface area contributed by atoms with Crippen molar-refractivity contribution in [2.45, 2.75) is 64.6 Å². The quantitative estimate of drug-likeness (QED) is 0.609. The van der Waals surface area contributed by atoms with Crippen LogP contribution in [0.1, 0.15) is 52.4 Å². The summed E-state index contributed by atoms with van der Waals surface area (Å²) in [5.41, 5.74) is 0. The molecule has 0 N–H and O–H groups in total. The van der Waals surface area contributed by atoms with E-state index in [0.29, 0.717) is 24.0 Å². The molecule has 0 radical (unpaired) electrons. The molecule has 2 rings (SSSR count). The molecule has 2 aliphatic rings. The summed E-state index contributed by atoms with van der Waals surface area (Å²) >= 11 is 0. The summed E-state index contributed by atoms with van der Waals surface area (Å²) in [7, 11) is 0. The van der Waals surface area contributed by atoms with E-state index in [-0.39, 0.29) is 0 Å². The van der Waals surface area contributed by atoms with Crippen LogP contribution in [-0.4, -0.2) is 38.6 Å². The number of unbranched alkanes of at least 4 members (excludes halogenated alkanes) is 2. The lowest BCUT2D eigenvalue weighted by atomic mass is 9.92. The van der Waals surface area contributed by atoms with Gasteiger partial charge in [0.25, 0.3) is 0 Å². The van der Waals surface area contributed by atoms with Gasteiger partial charge in [-0.15, -0.1) is 0 Å². The van der Waals surface area contributed by atoms with E-state index in [1.807, 2.05) is 0 Å². The van der Waals surface area contributed by atoms with E-state index in [4.69, 9.17) is 14.2 Å². The molecular weight excluding hydrogens is 240 g/mol. The molecule has 3 heteroatoms. The monoisotopic (exact) mass is 270 g/mol. The van der Waals surface area contributed by atoms with E-state index in [9.17, 15) is 0 Å². The van der Waals surface area contributed by atoms with Gasteiger partial charge in [0.15, 0.2) is 0 Å². The molecule has 2 saturated heterocycles. The van der Waals surface area contributed by atoms with Gasteiger partial charge in [0.2, 0.25) is 0 Å². The van der Waals surface area contributed by atoms with Crippen molar-refractivity contribution in [1.82, 2.24) is 0 Å². The van der Waals surface area contributed by atoms with E-state index in [0.717, 1.165) is 26.4 Å². The molecule has 0 spiro atoms. The molecule has 2 heterocycles. The Morgan fingerprint density at radius 1 is 0.842 bits per heavy atom. The first-order chi connectivity index (χ1) is 9.35. The topological polar surface area (TPSA) is 27.7 Å². The Labute approximate surface area is 118 Å². The molecule has 19 heavy (non-hydrogen) atoms. The normalized spacial score (nSPS) is 23.7. The van der Waals surface area contributed by atoms with Gasteiger partial charge in [-0.05, 0) is 12.8 Å². The molecule has 0 aromatic rings. The van der Waals surface area contributed by atoms with E-state index in [2.05, 4.69) is 13.8 Å². The zero-order valence-corrected chi connectivity index (χ0v) is 12.6. The van der Waals surface area contributed by atoms with Crippen LogP contribution >= 0.6 is 0 Å². The first-order valence-corrected chi connectivity index (χ1v) is 8.16. The van der Waals surface area contributed by atoms with Crippen molar-refractivity contribution in [3.63, 3.8) is 0 Å². The molecule has 0 aliphatic carbocycles. The zero-order valence-electron chi connectivity index (χ0n) is 12.6. The van der Waals surface area contributed by atoms with Crippen molar-refractivity contribution in [1.29, 1.82) is 0 Å². The highest BCUT2D eigenvalue weighted by molar-refractivity contribution is 4.81. The standard InChI is InChI=1S/C16H30O3/c1-3-5-7-15(13-9-17-10-13)19-16(8-6-4-2)14-11-18-12-14/h13-16H,3-12H2,1-2H3. The van der Waals surface area contributed by atoms with Crippen LogP contribution in [0.2, 0.25) is 0 Å². The molecule has 0 saturated carbocycles. The van der Waals surface area contributed by atoms with Crippen LogP contribution in [0.4, 0.5) is 0 Å². The van der Waals surface area contributed by atoms with Gasteiger partial charge in [-0.3, -0.25) is 0 Å². The van der Waals surface area contributed by atoms with Gasteiger partial charge in [-0.25, -0.2) is 0 Å². The minimum absolute atomic E-state index is 0.413. The molecule has 2 atom stereocenters. The predicted octanol–water partition coefficient (Wildman–Crippen LogP) is 3.41. The molecule has 0 aromatic heterocycles. The van der Waals surface area contributed by atoms with Crippen molar-refractivity contribution in [3.8, 4) is 0 Å². The molecule has 2 unspecified atom stereocenters. The van der Waals surface area contributed by atoms with Crippen LogP contribution in [0.3, 0.4) is 0 Å². The first-order valence-electron chi connectivity index (χ1n) is 8.16. The number of ether oxygens (including phenoxy) is 3. The van der Waals surface area contributed by atoms with Gasteiger partial charge in [-0.2, -0.15) is 0 Å². The van der Waals surface area contributed by atoms with Gasteiger partial charge in [0.05, 0.1) is 38.6 Å². The smallest absolute Gasteiger partial charge is 0.0651 e. The Bertz CT molecular complexity index is 212. The highest BCUT2D eigenvalue weighted by atomic mass is 16.5. The Morgan fingerprint density at radius 3 is 1.53 bits per heavy atom. The molecule has 0 bridgehead atoms. The minimum Gasteiger partial charge on any atom is -0.380 e. The Kier molecular flexibility index (Phi) is 6.62. The highest BCUT2D eigenvalue weighted by Crippen LogP contribution is 2.29. The lowest BCUT2D eigenvalue weighted by Crippen LogP contribution is -2.46. The summed E-state index contributed by atoms with van der Waals surface area (Å²) in [5, 5.41) is 0. The van der Waals surface area contributed by atoms with Crippen LogP contribution < -0.4 is 0 Å². The SMILES string of the molecule is CCCCC(OC(CCCC)C1COC1)C1COC1. The van der Waals surface area contributed by atoms with Gasteiger partial charge >= 0.3 is 0 Å². The largest absolute Gasteiger partial charge is 0.380 e. The lowest BCUT2D eigenvalue weighted by Gasteiger charge is -2.40. The second-order valence-electron chi connectivity index (χ2n) is 6.09. The van der Waals surface area contributed by atoms with Crippen molar-refractivity contribution < 1.29 is 14.2 Å². The maximum atomic E-state index is 6.50. The number of hydrogen-bond acceptors (Lipinski definition) is 3. The average Bonchev–Trinajstić information content (AvgIpc) is 2.28. The van der Waals surface area contributed by atoms with Crippen LogP contribution in [0.15, 0.2) is 0 Å². The van der Waals surface area contributed by atoms with Crippen LogP contribution in [-0.2, 0) is 14.2 Å². The van der Waals surface area contributed by atoms with E-state index >= 15 is 0 Å². The fraction of sp³-hybridized carbons (Fsp3) is 1.00. The van der Waals surface area contributed by atoms with E-state index < -0.39 is 0 Å². The maximum Gasteiger partial charge on any atom is 0.0651 e. The van der Waals surface area contributed by atoms with Crippen molar-refractivity contribution in [2.75, 3.05) is 26.4 Å².